The van der Waals surface area contributed by atoms with Gasteiger partial charge in [-0.1, -0.05) is 60.2 Å². The Hall–Kier alpha value is -3.12. The molecule has 178 valence electrons. The van der Waals surface area contributed by atoms with Gasteiger partial charge in [0.05, 0.1) is 10.3 Å². The minimum absolute atomic E-state index is 0.0554. The maximum atomic E-state index is 13.0. The largest absolute Gasteiger partial charge is 0.355 e. The van der Waals surface area contributed by atoms with Crippen LogP contribution in [0.25, 0.3) is 0 Å². The SMILES string of the molecule is Cc1cc(C)c(S(=O)(=O)Nc2ccc(C3(C(=O)NCCCc4ccccc4)CC3)cc2)c(C)c1. The second kappa shape index (κ2) is 9.63. The molecule has 0 aliphatic heterocycles. The summed E-state index contributed by atoms with van der Waals surface area (Å²) in [6.45, 7) is 6.22. The van der Waals surface area contributed by atoms with Gasteiger partial charge in [-0.2, -0.15) is 0 Å². The van der Waals surface area contributed by atoms with Crippen LogP contribution in [0.3, 0.4) is 0 Å². The average Bonchev–Trinajstić information content (AvgIpc) is 3.59. The van der Waals surface area contributed by atoms with Gasteiger partial charge < -0.3 is 5.32 Å². The number of carbonyl (C=O) groups excluding carboxylic acids is 1. The molecule has 0 spiro atoms. The number of carbonyl (C=O) groups is 1. The van der Waals surface area contributed by atoms with Crippen LogP contribution in [0.15, 0.2) is 71.6 Å². The van der Waals surface area contributed by atoms with Crippen molar-refractivity contribution in [2.45, 2.75) is 56.8 Å². The number of benzene rings is 3. The second-order valence-electron chi connectivity index (χ2n) is 9.34. The number of rotatable bonds is 9. The smallest absolute Gasteiger partial charge is 0.262 e. The summed E-state index contributed by atoms with van der Waals surface area (Å²) in [7, 11) is -3.71. The van der Waals surface area contributed by atoms with Crippen LogP contribution in [0.4, 0.5) is 5.69 Å². The summed E-state index contributed by atoms with van der Waals surface area (Å²) in [4.78, 5) is 13.2. The monoisotopic (exact) mass is 476 g/mol. The van der Waals surface area contributed by atoms with E-state index in [0.717, 1.165) is 47.9 Å². The highest BCUT2D eigenvalue weighted by atomic mass is 32.2. The number of sulfonamides is 1. The van der Waals surface area contributed by atoms with Gasteiger partial charge in [-0.3, -0.25) is 9.52 Å². The lowest BCUT2D eigenvalue weighted by atomic mass is 9.94. The molecular formula is C28H32N2O3S. The van der Waals surface area contributed by atoms with E-state index in [-0.39, 0.29) is 5.91 Å². The van der Waals surface area contributed by atoms with Crippen LogP contribution in [0.2, 0.25) is 0 Å². The van der Waals surface area contributed by atoms with Crippen LogP contribution >= 0.6 is 0 Å². The molecule has 3 aromatic rings. The highest BCUT2D eigenvalue weighted by molar-refractivity contribution is 7.92. The molecule has 1 saturated carbocycles. The van der Waals surface area contributed by atoms with Crippen LogP contribution in [0, 0.1) is 20.8 Å². The van der Waals surface area contributed by atoms with Crippen molar-refractivity contribution in [1.29, 1.82) is 0 Å². The molecule has 1 amide bonds. The maximum absolute atomic E-state index is 13.0. The van der Waals surface area contributed by atoms with Gasteiger partial charge in [-0.05, 0) is 80.8 Å². The Labute approximate surface area is 202 Å². The highest BCUT2D eigenvalue weighted by Crippen LogP contribution is 2.48. The molecule has 1 fully saturated rings. The van der Waals surface area contributed by atoms with Crippen LogP contribution in [-0.2, 0) is 26.7 Å². The fraction of sp³-hybridized carbons (Fsp3) is 0.321. The Morgan fingerprint density at radius 1 is 0.912 bits per heavy atom. The third kappa shape index (κ3) is 5.17. The summed E-state index contributed by atoms with van der Waals surface area (Å²) in [5, 5.41) is 3.10. The van der Waals surface area contributed by atoms with E-state index in [2.05, 4.69) is 22.2 Å². The molecule has 6 heteroatoms. The predicted octanol–water partition coefficient (Wildman–Crippen LogP) is 5.19. The van der Waals surface area contributed by atoms with Crippen molar-refractivity contribution in [3.8, 4) is 0 Å². The standard InChI is InChI=1S/C28H32N2O3S/c1-20-18-21(2)26(22(3)19-20)34(32,33)30-25-13-11-24(12-14-25)28(15-16-28)27(31)29-17-7-10-23-8-5-4-6-9-23/h4-6,8-9,11-14,18-19,30H,7,10,15-17H2,1-3H3,(H,29,31). The van der Waals surface area contributed by atoms with Gasteiger partial charge in [0.15, 0.2) is 0 Å². The van der Waals surface area contributed by atoms with E-state index in [0.29, 0.717) is 17.1 Å². The number of amides is 1. The topological polar surface area (TPSA) is 75.3 Å². The number of nitrogens with one attached hydrogen (secondary N) is 2. The predicted molar refractivity (Wildman–Crippen MR) is 137 cm³/mol. The Morgan fingerprint density at radius 3 is 2.12 bits per heavy atom. The lowest BCUT2D eigenvalue weighted by molar-refractivity contribution is -0.123. The van der Waals surface area contributed by atoms with E-state index in [9.17, 15) is 13.2 Å². The van der Waals surface area contributed by atoms with Gasteiger partial charge in [0.2, 0.25) is 5.91 Å². The van der Waals surface area contributed by atoms with Gasteiger partial charge in [0.1, 0.15) is 0 Å². The first-order valence-electron chi connectivity index (χ1n) is 11.7. The summed E-state index contributed by atoms with van der Waals surface area (Å²) >= 11 is 0. The molecule has 0 bridgehead atoms. The van der Waals surface area contributed by atoms with E-state index in [4.69, 9.17) is 0 Å². The van der Waals surface area contributed by atoms with E-state index in [1.54, 1.807) is 12.1 Å². The minimum Gasteiger partial charge on any atom is -0.355 e. The number of hydrogen-bond donors (Lipinski definition) is 2. The van der Waals surface area contributed by atoms with Gasteiger partial charge in [0, 0.05) is 12.2 Å². The molecule has 0 unspecified atom stereocenters. The molecule has 34 heavy (non-hydrogen) atoms. The summed E-state index contributed by atoms with van der Waals surface area (Å²) in [6.07, 6.45) is 3.45. The lowest BCUT2D eigenvalue weighted by Crippen LogP contribution is -2.35. The van der Waals surface area contributed by atoms with Gasteiger partial charge >= 0.3 is 0 Å². The van der Waals surface area contributed by atoms with Crippen LogP contribution < -0.4 is 10.0 Å². The third-order valence-electron chi connectivity index (χ3n) is 6.52. The Kier molecular flexibility index (Phi) is 6.80. The summed E-state index contributed by atoms with van der Waals surface area (Å²) in [6, 6.07) is 21.2. The van der Waals surface area contributed by atoms with Crippen molar-refractivity contribution in [2.24, 2.45) is 0 Å². The molecule has 5 nitrogen and oxygen atoms in total. The second-order valence-corrected chi connectivity index (χ2v) is 11.0. The summed E-state index contributed by atoms with van der Waals surface area (Å²) in [5.74, 6) is 0.0554. The van der Waals surface area contributed by atoms with Crippen LogP contribution in [0.1, 0.15) is 47.1 Å². The zero-order valence-electron chi connectivity index (χ0n) is 20.0. The Bertz CT molecular complexity index is 1260. The van der Waals surface area contributed by atoms with Crippen molar-refractivity contribution < 1.29 is 13.2 Å². The van der Waals surface area contributed by atoms with Gasteiger partial charge in [-0.15, -0.1) is 0 Å². The average molecular weight is 477 g/mol. The minimum atomic E-state index is -3.71. The molecule has 0 heterocycles. The normalized spacial score (nSPS) is 14.4. The van der Waals surface area contributed by atoms with Crippen molar-refractivity contribution >= 4 is 21.6 Å². The highest BCUT2D eigenvalue weighted by Gasteiger charge is 2.51. The summed E-state index contributed by atoms with van der Waals surface area (Å²) in [5.41, 5.74) is 4.68. The zero-order valence-corrected chi connectivity index (χ0v) is 20.8. The van der Waals surface area contributed by atoms with Crippen molar-refractivity contribution in [3.05, 3.63) is 94.5 Å². The first kappa shape index (κ1) is 24.0. The number of aryl methyl sites for hydroxylation is 4. The van der Waals surface area contributed by atoms with Crippen LogP contribution in [-0.4, -0.2) is 20.9 Å². The molecule has 4 rings (SSSR count). The molecule has 1 aliphatic carbocycles. The lowest BCUT2D eigenvalue weighted by Gasteiger charge is -2.17. The fourth-order valence-electron chi connectivity index (χ4n) is 4.73. The van der Waals surface area contributed by atoms with Crippen molar-refractivity contribution in [1.82, 2.24) is 5.32 Å². The fourth-order valence-corrected chi connectivity index (χ4v) is 6.25. The van der Waals surface area contributed by atoms with Gasteiger partial charge in [0.25, 0.3) is 10.0 Å². The van der Waals surface area contributed by atoms with E-state index < -0.39 is 15.4 Å². The molecule has 0 aromatic heterocycles. The third-order valence-corrected chi connectivity index (χ3v) is 8.20. The molecule has 0 saturated heterocycles. The van der Waals surface area contributed by atoms with E-state index in [1.165, 1.54) is 5.56 Å². The Morgan fingerprint density at radius 2 is 1.53 bits per heavy atom. The molecule has 1 aliphatic rings. The first-order chi connectivity index (χ1) is 16.2. The molecule has 0 atom stereocenters. The van der Waals surface area contributed by atoms with Gasteiger partial charge in [-0.25, -0.2) is 8.42 Å². The molecular weight excluding hydrogens is 444 g/mol. The zero-order chi connectivity index (χ0) is 24.3. The van der Waals surface area contributed by atoms with Crippen molar-refractivity contribution in [2.75, 3.05) is 11.3 Å². The Balaban J connectivity index is 1.38. The first-order valence-corrected chi connectivity index (χ1v) is 13.2. The molecule has 3 aromatic carbocycles. The number of hydrogen-bond acceptors (Lipinski definition) is 3. The maximum Gasteiger partial charge on any atom is 0.262 e. The van der Waals surface area contributed by atoms with E-state index >= 15 is 0 Å². The summed E-state index contributed by atoms with van der Waals surface area (Å²) < 4.78 is 28.8. The molecule has 0 radical (unpaired) electrons. The quantitative estimate of drug-likeness (QED) is 0.417. The number of anilines is 1. The van der Waals surface area contributed by atoms with E-state index in [1.807, 2.05) is 63.2 Å². The molecule has 2 N–H and O–H groups in total. The van der Waals surface area contributed by atoms with Crippen molar-refractivity contribution in [3.63, 3.8) is 0 Å². The van der Waals surface area contributed by atoms with Crippen LogP contribution in [0.5, 0.6) is 0 Å².